The van der Waals surface area contributed by atoms with Crippen molar-refractivity contribution >= 4 is 106 Å². The van der Waals surface area contributed by atoms with Gasteiger partial charge in [0.05, 0.1) is 27.5 Å². The van der Waals surface area contributed by atoms with Gasteiger partial charge in [-0.25, -0.2) is 0 Å². The summed E-state index contributed by atoms with van der Waals surface area (Å²) in [4.78, 5) is 0. The van der Waals surface area contributed by atoms with E-state index in [4.69, 9.17) is 35.0 Å². The minimum Gasteiger partial charge on any atom is -0.870 e. The zero-order valence-electron chi connectivity index (χ0n) is 25.4. The molecule has 0 aromatic heterocycles. The summed E-state index contributed by atoms with van der Waals surface area (Å²) in [5.74, 6) is 2.25. The third-order valence-electron chi connectivity index (χ3n) is 5.66. The van der Waals surface area contributed by atoms with Crippen LogP contribution >= 0.6 is 106 Å². The summed E-state index contributed by atoms with van der Waals surface area (Å²) < 4.78 is 15.2. The van der Waals surface area contributed by atoms with Crippen molar-refractivity contribution in [2.75, 3.05) is 38.4 Å². The van der Waals surface area contributed by atoms with Gasteiger partial charge in [0.25, 0.3) is 0 Å². The number of unbranched alkanes of at least 4 members (excludes halogenated alkanes) is 9. The first-order chi connectivity index (χ1) is 20.2. The fourth-order valence-electron chi connectivity index (χ4n) is 3.32. The number of aliphatic hydroxyl groups is 3. The molecule has 0 atom stereocenters. The first-order valence-electron chi connectivity index (χ1n) is 14.2. The number of phenols is 2. The van der Waals surface area contributed by atoms with Crippen molar-refractivity contribution in [2.45, 2.75) is 77.0 Å². The predicted octanol–water partition coefficient (Wildman–Crippen LogP) is 5.83. The maximum atomic E-state index is 9.10. The molecular formula is C30H46BrI4NaO8. The van der Waals surface area contributed by atoms with Gasteiger partial charge in [-0.1, -0.05) is 41.6 Å². The normalized spacial score (nSPS) is 9.91. The van der Waals surface area contributed by atoms with Gasteiger partial charge in [-0.15, -0.1) is 0 Å². The summed E-state index contributed by atoms with van der Waals surface area (Å²) in [6, 6.07) is 7.13. The molecule has 2 aromatic carbocycles. The number of benzene rings is 2. The minimum atomic E-state index is 0. The van der Waals surface area contributed by atoms with E-state index in [9.17, 15) is 0 Å². The van der Waals surface area contributed by atoms with Crippen LogP contribution in [0.15, 0.2) is 24.3 Å². The monoisotopic (exact) mass is 1140 g/mol. The van der Waals surface area contributed by atoms with Crippen LogP contribution in [0.2, 0.25) is 0 Å². The van der Waals surface area contributed by atoms with E-state index < -0.39 is 0 Å². The standard InChI is InChI=1S/C18H28I2O4.C6H13BrO.C6H4I2O2.Na.H2O/c19-15-14-18(24-12-8-4-2-6-10-22)16(20)13-17(15)23-11-7-3-1-5-9-21;7-5-3-1-2-4-6-8;7-3-1-5(9)4(8)2-6(3)10;;/h13-14,21-22H,1-12H2;8H,1-6H2;1-2,9-10H;;1H2/q;;;+1;/p-1. The van der Waals surface area contributed by atoms with Gasteiger partial charge in [-0.2, -0.15) is 0 Å². The van der Waals surface area contributed by atoms with Crippen LogP contribution in [-0.2, 0) is 0 Å². The predicted molar refractivity (Wildman–Crippen MR) is 210 cm³/mol. The maximum Gasteiger partial charge on any atom is 1.00 e. The van der Waals surface area contributed by atoms with Crippen LogP contribution < -0.4 is 39.0 Å². The average molecular weight is 1150 g/mol. The summed E-state index contributed by atoms with van der Waals surface area (Å²) >= 11 is 11.8. The molecule has 2 aromatic rings. The third-order valence-corrected chi connectivity index (χ3v) is 9.64. The van der Waals surface area contributed by atoms with Crippen molar-refractivity contribution in [3.63, 3.8) is 0 Å². The zero-order chi connectivity index (χ0) is 31.6. The van der Waals surface area contributed by atoms with Crippen molar-refractivity contribution in [1.82, 2.24) is 0 Å². The number of phenolic OH excluding ortho intramolecular Hbond substituents is 2. The molecular weight excluding hydrogens is 1100 g/mol. The number of ether oxygens (including phenoxy) is 2. The van der Waals surface area contributed by atoms with Crippen molar-refractivity contribution in [1.29, 1.82) is 0 Å². The molecule has 2 rings (SSSR count). The molecule has 0 fully saturated rings. The summed E-state index contributed by atoms with van der Waals surface area (Å²) in [7, 11) is 0. The number of alkyl halides is 1. The minimum absolute atomic E-state index is 0. The number of rotatable bonds is 19. The molecule has 0 radical (unpaired) electrons. The fourth-order valence-corrected chi connectivity index (χ4v) is 5.80. The van der Waals surface area contributed by atoms with E-state index in [1.54, 1.807) is 0 Å². The van der Waals surface area contributed by atoms with Gasteiger partial charge in [0, 0.05) is 25.2 Å². The van der Waals surface area contributed by atoms with Gasteiger partial charge in [0.2, 0.25) is 0 Å². The van der Waals surface area contributed by atoms with E-state index in [0.29, 0.717) is 27.0 Å². The van der Waals surface area contributed by atoms with Crippen LogP contribution in [0, 0.1) is 14.3 Å². The Hall–Kier alpha value is 1.88. The Morgan fingerprint density at radius 3 is 1.14 bits per heavy atom. The summed E-state index contributed by atoms with van der Waals surface area (Å²) in [6.45, 7) is 2.33. The quantitative estimate of drug-likeness (QED) is 0.0389. The Morgan fingerprint density at radius 1 is 0.500 bits per heavy atom. The molecule has 0 unspecified atom stereocenters. The molecule has 44 heavy (non-hydrogen) atoms. The zero-order valence-corrected chi connectivity index (χ0v) is 37.6. The van der Waals surface area contributed by atoms with Gasteiger partial charge >= 0.3 is 29.6 Å². The van der Waals surface area contributed by atoms with Crippen LogP contribution in [0.25, 0.3) is 0 Å². The van der Waals surface area contributed by atoms with E-state index in [1.807, 2.05) is 57.3 Å². The largest absolute Gasteiger partial charge is 1.00 e. The topological polar surface area (TPSA) is 150 Å². The Kier molecular flexibility index (Phi) is 39.7. The van der Waals surface area contributed by atoms with E-state index in [2.05, 4.69) is 61.1 Å². The number of halogens is 5. The van der Waals surface area contributed by atoms with Crippen LogP contribution in [0.1, 0.15) is 77.0 Å². The van der Waals surface area contributed by atoms with E-state index in [-0.39, 0.29) is 59.7 Å². The number of hydrogen-bond acceptors (Lipinski definition) is 8. The molecule has 0 heterocycles. The molecule has 0 aliphatic heterocycles. The molecule has 14 heteroatoms. The van der Waals surface area contributed by atoms with E-state index in [1.165, 1.54) is 31.4 Å². The summed E-state index contributed by atoms with van der Waals surface area (Å²) in [6.07, 6.45) is 12.7. The summed E-state index contributed by atoms with van der Waals surface area (Å²) in [5, 5.41) is 45.2. The Bertz CT molecular complexity index is 866. The van der Waals surface area contributed by atoms with Crippen molar-refractivity contribution in [2.24, 2.45) is 0 Å². The molecule has 0 aliphatic carbocycles. The van der Waals surface area contributed by atoms with Gasteiger partial charge < -0.3 is 40.5 Å². The van der Waals surface area contributed by atoms with Crippen LogP contribution in [0.5, 0.6) is 23.0 Å². The van der Waals surface area contributed by atoms with Crippen molar-refractivity contribution in [3.8, 4) is 23.0 Å². The second kappa shape index (κ2) is 34.7. The van der Waals surface area contributed by atoms with Crippen LogP contribution in [0.3, 0.4) is 0 Å². The molecule has 250 valence electrons. The molecule has 0 saturated heterocycles. The van der Waals surface area contributed by atoms with Crippen molar-refractivity contribution < 1.29 is 70.0 Å². The van der Waals surface area contributed by atoms with E-state index >= 15 is 0 Å². The van der Waals surface area contributed by atoms with Crippen molar-refractivity contribution in [3.05, 3.63) is 38.5 Å². The van der Waals surface area contributed by atoms with Gasteiger partial charge in [-0.3, -0.25) is 0 Å². The van der Waals surface area contributed by atoms with E-state index in [0.717, 1.165) is 81.8 Å². The first-order valence-corrected chi connectivity index (χ1v) is 19.7. The van der Waals surface area contributed by atoms with Crippen LogP contribution in [0.4, 0.5) is 0 Å². The third kappa shape index (κ3) is 26.8. The average Bonchev–Trinajstić information content (AvgIpc) is 2.96. The molecule has 0 amide bonds. The number of aliphatic hydroxyl groups excluding tert-OH is 3. The number of aromatic hydroxyl groups is 2. The molecule has 6 N–H and O–H groups in total. The molecule has 0 aliphatic rings. The van der Waals surface area contributed by atoms with Gasteiger partial charge in [-0.05, 0) is 166 Å². The molecule has 8 nitrogen and oxygen atoms in total. The fraction of sp³-hybridized carbons (Fsp3) is 0.600. The Labute approximate surface area is 348 Å². The number of hydrogen-bond donors (Lipinski definition) is 5. The molecule has 0 bridgehead atoms. The Morgan fingerprint density at radius 2 is 0.818 bits per heavy atom. The smallest absolute Gasteiger partial charge is 0.870 e. The second-order valence-electron chi connectivity index (χ2n) is 9.27. The summed E-state index contributed by atoms with van der Waals surface area (Å²) in [5.41, 5.74) is 0. The maximum absolute atomic E-state index is 9.10. The van der Waals surface area contributed by atoms with Gasteiger partial charge in [0.1, 0.15) is 23.0 Å². The molecule has 0 saturated carbocycles. The first kappa shape index (κ1) is 50.3. The second-order valence-corrected chi connectivity index (χ2v) is 14.7. The SMILES string of the molecule is OCCCCCCBr.OCCCCCCOc1cc(I)c(OCCCCCCO)cc1I.Oc1cc(I)c(O)cc1I.[Na+].[OH-]. The Balaban J connectivity index is -0.000000692. The molecule has 0 spiro atoms. The van der Waals surface area contributed by atoms with Crippen LogP contribution in [-0.4, -0.2) is 69.4 Å². The van der Waals surface area contributed by atoms with Gasteiger partial charge in [0.15, 0.2) is 0 Å².